The molecule has 0 aromatic heterocycles. The summed E-state index contributed by atoms with van der Waals surface area (Å²) in [6.07, 6.45) is 3.12. The molecule has 0 spiro atoms. The van der Waals surface area contributed by atoms with Crippen LogP contribution in [0.4, 0.5) is 0 Å². The molecule has 1 aromatic rings. The molecule has 3 heterocycles. The number of rotatable bonds is 4. The van der Waals surface area contributed by atoms with Crippen LogP contribution >= 0.6 is 0 Å². The van der Waals surface area contributed by atoms with Crippen LogP contribution in [0.3, 0.4) is 0 Å². The number of hydrogen-bond donors (Lipinski definition) is 3. The Morgan fingerprint density at radius 2 is 2.07 bits per heavy atom. The minimum absolute atomic E-state index is 0.113. The van der Waals surface area contributed by atoms with E-state index in [-0.39, 0.29) is 24.1 Å². The largest absolute Gasteiger partial charge is 0.322 e. The molecule has 27 heavy (non-hydrogen) atoms. The lowest BCUT2D eigenvalue weighted by Gasteiger charge is -2.29. The molecular weight excluding hydrogens is 344 g/mol. The Hall–Kier alpha value is -2.25. The van der Waals surface area contributed by atoms with Gasteiger partial charge in [-0.2, -0.15) is 0 Å². The molecule has 3 aliphatic heterocycles. The van der Waals surface area contributed by atoms with E-state index in [9.17, 15) is 14.4 Å². The Bertz CT molecular complexity index is 823. The number of piperidine rings is 2. The van der Waals surface area contributed by atoms with Gasteiger partial charge in [-0.1, -0.05) is 12.1 Å². The van der Waals surface area contributed by atoms with Crippen molar-refractivity contribution in [3.05, 3.63) is 34.9 Å². The lowest BCUT2D eigenvalue weighted by Crippen LogP contribution is -2.52. The summed E-state index contributed by atoms with van der Waals surface area (Å²) >= 11 is 0. The predicted molar refractivity (Wildman–Crippen MR) is 97.6 cm³/mol. The highest BCUT2D eigenvalue weighted by Crippen LogP contribution is 2.38. The van der Waals surface area contributed by atoms with E-state index in [4.69, 9.17) is 0 Å². The first-order valence-corrected chi connectivity index (χ1v) is 9.83. The van der Waals surface area contributed by atoms with Crippen molar-refractivity contribution in [3.63, 3.8) is 0 Å². The van der Waals surface area contributed by atoms with E-state index >= 15 is 0 Å². The monoisotopic (exact) mass is 368 g/mol. The second kappa shape index (κ2) is 6.42. The number of nitrogens with one attached hydrogen (secondary N) is 3. The molecule has 0 radical (unpaired) electrons. The standard InChI is InChI=1S/C20H24N4O3/c25-18-4-3-17(19(26)23-18)24-10-12-7-11(1-2-13(12)20(24)27)9-22-15-5-6-21-16-8-14(15)16/h1-2,7,14-17,21-22H,3-6,8-10H2,(H,23,25,26). The van der Waals surface area contributed by atoms with Crippen LogP contribution in [0.5, 0.6) is 0 Å². The number of fused-ring (bicyclic) bond motifs is 2. The molecule has 3 amide bonds. The predicted octanol–water partition coefficient (Wildman–Crippen LogP) is 0.288. The van der Waals surface area contributed by atoms with E-state index in [0.29, 0.717) is 30.6 Å². The van der Waals surface area contributed by atoms with Crippen LogP contribution in [0.15, 0.2) is 18.2 Å². The Balaban J connectivity index is 1.26. The van der Waals surface area contributed by atoms with Gasteiger partial charge in [-0.25, -0.2) is 0 Å². The van der Waals surface area contributed by atoms with Gasteiger partial charge in [0.1, 0.15) is 6.04 Å². The van der Waals surface area contributed by atoms with Crippen LogP contribution in [0.2, 0.25) is 0 Å². The molecule has 5 rings (SSSR count). The van der Waals surface area contributed by atoms with Gasteiger partial charge in [-0.3, -0.25) is 19.7 Å². The molecule has 7 heteroatoms. The maximum atomic E-state index is 12.7. The van der Waals surface area contributed by atoms with Crippen molar-refractivity contribution < 1.29 is 14.4 Å². The molecule has 1 aliphatic carbocycles. The summed E-state index contributed by atoms with van der Waals surface area (Å²) in [7, 11) is 0. The SMILES string of the molecule is O=C1CCC(N2Cc3cc(CNC4CCNC5CC45)ccc3C2=O)C(=O)N1. The van der Waals surface area contributed by atoms with Crippen LogP contribution in [0.25, 0.3) is 0 Å². The third kappa shape index (κ3) is 3.04. The van der Waals surface area contributed by atoms with Gasteiger partial charge >= 0.3 is 0 Å². The molecular formula is C20H24N4O3. The average molecular weight is 368 g/mol. The number of nitrogens with zero attached hydrogens (tertiary/aromatic N) is 1. The van der Waals surface area contributed by atoms with Crippen molar-refractivity contribution in [1.82, 2.24) is 20.9 Å². The zero-order valence-electron chi connectivity index (χ0n) is 15.2. The number of hydrogen-bond acceptors (Lipinski definition) is 5. The summed E-state index contributed by atoms with van der Waals surface area (Å²) in [4.78, 5) is 37.8. The molecule has 4 aliphatic rings. The second-order valence-corrected chi connectivity index (χ2v) is 8.13. The fraction of sp³-hybridized carbons (Fsp3) is 0.550. The summed E-state index contributed by atoms with van der Waals surface area (Å²) in [6, 6.07) is 6.69. The van der Waals surface area contributed by atoms with Crippen molar-refractivity contribution >= 4 is 17.7 Å². The minimum Gasteiger partial charge on any atom is -0.322 e. The Morgan fingerprint density at radius 3 is 2.93 bits per heavy atom. The van der Waals surface area contributed by atoms with E-state index in [1.54, 1.807) is 4.90 Å². The molecule has 2 saturated heterocycles. The fourth-order valence-corrected chi connectivity index (χ4v) is 4.77. The minimum atomic E-state index is -0.550. The number of carbonyl (C=O) groups is 3. The van der Waals surface area contributed by atoms with Gasteiger partial charge in [0.25, 0.3) is 5.91 Å². The molecule has 142 valence electrons. The molecule has 3 N–H and O–H groups in total. The third-order valence-electron chi connectivity index (χ3n) is 6.37. The first-order chi connectivity index (χ1) is 13.1. The second-order valence-electron chi connectivity index (χ2n) is 8.13. The van der Waals surface area contributed by atoms with Gasteiger partial charge in [0, 0.05) is 37.2 Å². The summed E-state index contributed by atoms with van der Waals surface area (Å²) in [5.74, 6) is 0.0275. The van der Waals surface area contributed by atoms with E-state index in [1.807, 2.05) is 12.1 Å². The third-order valence-corrected chi connectivity index (χ3v) is 6.37. The number of benzene rings is 1. The normalized spacial score (nSPS) is 32.1. The van der Waals surface area contributed by atoms with Crippen LogP contribution in [0.1, 0.15) is 47.2 Å². The zero-order chi connectivity index (χ0) is 18.5. The van der Waals surface area contributed by atoms with Crippen molar-refractivity contribution in [2.24, 2.45) is 5.92 Å². The van der Waals surface area contributed by atoms with Crippen molar-refractivity contribution in [2.75, 3.05) is 6.54 Å². The highest BCUT2D eigenvalue weighted by atomic mass is 16.2. The average Bonchev–Trinajstić information content (AvgIpc) is 3.38. The van der Waals surface area contributed by atoms with Crippen LogP contribution in [-0.2, 0) is 22.7 Å². The molecule has 1 aromatic carbocycles. The molecule has 3 fully saturated rings. The van der Waals surface area contributed by atoms with Crippen LogP contribution < -0.4 is 16.0 Å². The summed E-state index contributed by atoms with van der Waals surface area (Å²) in [5, 5.41) is 9.55. The van der Waals surface area contributed by atoms with Crippen molar-refractivity contribution in [3.8, 4) is 0 Å². The number of imide groups is 1. The molecule has 4 atom stereocenters. The van der Waals surface area contributed by atoms with Gasteiger partial charge in [0.2, 0.25) is 11.8 Å². The maximum Gasteiger partial charge on any atom is 0.255 e. The van der Waals surface area contributed by atoms with Gasteiger partial charge < -0.3 is 15.5 Å². The van der Waals surface area contributed by atoms with Crippen molar-refractivity contribution in [1.29, 1.82) is 0 Å². The maximum absolute atomic E-state index is 12.7. The topological polar surface area (TPSA) is 90.5 Å². The first-order valence-electron chi connectivity index (χ1n) is 9.83. The van der Waals surface area contributed by atoms with Gasteiger partial charge in [-0.05, 0) is 48.9 Å². The molecule has 4 unspecified atom stereocenters. The number of amides is 3. The Morgan fingerprint density at radius 1 is 1.19 bits per heavy atom. The molecule has 0 bridgehead atoms. The van der Waals surface area contributed by atoms with E-state index < -0.39 is 6.04 Å². The fourth-order valence-electron chi connectivity index (χ4n) is 4.77. The zero-order valence-corrected chi connectivity index (χ0v) is 15.2. The molecule has 1 saturated carbocycles. The summed E-state index contributed by atoms with van der Waals surface area (Å²) in [5.41, 5.74) is 2.81. The Labute approximate surface area is 157 Å². The molecule has 7 nitrogen and oxygen atoms in total. The van der Waals surface area contributed by atoms with Crippen molar-refractivity contribution in [2.45, 2.75) is 56.9 Å². The van der Waals surface area contributed by atoms with Crippen LogP contribution in [0, 0.1) is 5.92 Å². The summed E-state index contributed by atoms with van der Waals surface area (Å²) in [6.45, 7) is 2.32. The van der Waals surface area contributed by atoms with Gasteiger partial charge in [-0.15, -0.1) is 0 Å². The summed E-state index contributed by atoms with van der Waals surface area (Å²) < 4.78 is 0. The van der Waals surface area contributed by atoms with E-state index in [2.05, 4.69) is 22.0 Å². The first kappa shape index (κ1) is 16.9. The van der Waals surface area contributed by atoms with Gasteiger partial charge in [0.15, 0.2) is 0 Å². The Kier molecular flexibility index (Phi) is 4.02. The highest BCUT2D eigenvalue weighted by molar-refractivity contribution is 6.05. The lowest BCUT2D eigenvalue weighted by molar-refractivity contribution is -0.136. The number of carbonyl (C=O) groups excluding carboxylic acids is 3. The quantitative estimate of drug-likeness (QED) is 0.665. The van der Waals surface area contributed by atoms with E-state index in [1.165, 1.54) is 12.0 Å². The smallest absolute Gasteiger partial charge is 0.255 e. The van der Waals surface area contributed by atoms with E-state index in [0.717, 1.165) is 31.0 Å². The van der Waals surface area contributed by atoms with Gasteiger partial charge in [0.05, 0.1) is 0 Å². The van der Waals surface area contributed by atoms with Crippen LogP contribution in [-0.4, -0.2) is 47.3 Å². The highest BCUT2D eigenvalue weighted by Gasteiger charge is 2.45. The lowest BCUT2D eigenvalue weighted by atomic mass is 10.0.